The largest absolute Gasteiger partial charge is 0.399 e. The predicted octanol–water partition coefficient (Wildman–Crippen LogP) is 2.83. The smallest absolute Gasteiger partial charge is 0.259 e. The minimum absolute atomic E-state index is 0.383. The van der Waals surface area contributed by atoms with E-state index < -0.39 is 0 Å². The van der Waals surface area contributed by atoms with Crippen LogP contribution in [0, 0.1) is 0 Å². The van der Waals surface area contributed by atoms with Crippen LogP contribution in [0.1, 0.15) is 11.1 Å². The number of hydrogen-bond acceptors (Lipinski definition) is 4. The molecule has 0 radical (unpaired) electrons. The number of fused-ring (bicyclic) bond motifs is 2. The van der Waals surface area contributed by atoms with E-state index in [1.165, 1.54) is 0 Å². The van der Waals surface area contributed by atoms with Gasteiger partial charge in [-0.3, -0.25) is 14.9 Å². The molecule has 0 saturated carbocycles. The third-order valence-corrected chi connectivity index (χ3v) is 5.75. The van der Waals surface area contributed by atoms with E-state index in [9.17, 15) is 9.59 Å². The van der Waals surface area contributed by atoms with E-state index in [0.29, 0.717) is 28.0 Å². The fourth-order valence-corrected chi connectivity index (χ4v) is 4.25. The van der Waals surface area contributed by atoms with Gasteiger partial charge in [0.05, 0.1) is 11.1 Å². The number of H-pyrrole nitrogens is 1. The average molecular weight is 413 g/mol. The summed E-state index contributed by atoms with van der Waals surface area (Å²) in [5, 5.41) is 4.25. The van der Waals surface area contributed by atoms with Gasteiger partial charge < -0.3 is 20.2 Å². The lowest BCUT2D eigenvalue weighted by atomic mass is 9.95. The standard InChI is InChI=1S/C24H23N5O2/c1-28(2)9-10-29-13-18(16-11-14(25)7-8-20(16)29)22-21(23(30)27-24(22)31)17-12-26-19-6-4-3-5-15(17)19/h3-8,11-13,26H,9-10,25H2,1-2H3,(H,27,30,31). The van der Waals surface area contributed by atoms with Crippen molar-refractivity contribution in [1.29, 1.82) is 0 Å². The Morgan fingerprint density at radius 2 is 1.71 bits per heavy atom. The predicted molar refractivity (Wildman–Crippen MR) is 123 cm³/mol. The third-order valence-electron chi connectivity index (χ3n) is 5.75. The number of rotatable bonds is 5. The maximum atomic E-state index is 13.0. The molecule has 0 bridgehead atoms. The summed E-state index contributed by atoms with van der Waals surface area (Å²) in [6, 6.07) is 13.4. The summed E-state index contributed by atoms with van der Waals surface area (Å²) >= 11 is 0. The molecule has 5 rings (SSSR count). The summed E-state index contributed by atoms with van der Waals surface area (Å²) in [5.74, 6) is -0.776. The van der Waals surface area contributed by atoms with Crippen molar-refractivity contribution in [2.75, 3.05) is 26.4 Å². The maximum Gasteiger partial charge on any atom is 0.259 e. The second-order valence-electron chi connectivity index (χ2n) is 8.10. The van der Waals surface area contributed by atoms with Gasteiger partial charge in [-0.25, -0.2) is 0 Å². The van der Waals surface area contributed by atoms with Crippen LogP contribution in [0.25, 0.3) is 33.0 Å². The molecule has 156 valence electrons. The van der Waals surface area contributed by atoms with Crippen LogP contribution in [0.4, 0.5) is 5.69 Å². The number of nitrogens with two attached hydrogens (primary N) is 1. The van der Waals surface area contributed by atoms with Gasteiger partial charge in [0.2, 0.25) is 0 Å². The molecule has 0 spiro atoms. The number of aromatic amines is 1. The number of amides is 2. The zero-order valence-corrected chi connectivity index (χ0v) is 17.4. The van der Waals surface area contributed by atoms with Crippen molar-refractivity contribution in [3.05, 3.63) is 66.0 Å². The minimum Gasteiger partial charge on any atom is -0.399 e. The number of aromatic nitrogens is 2. The van der Waals surface area contributed by atoms with Gasteiger partial charge in [-0.1, -0.05) is 18.2 Å². The Morgan fingerprint density at radius 3 is 2.48 bits per heavy atom. The number of nitrogens with zero attached hydrogens (tertiary/aromatic N) is 2. The lowest BCUT2D eigenvalue weighted by Crippen LogP contribution is -2.22. The first kappa shape index (κ1) is 19.1. The van der Waals surface area contributed by atoms with Gasteiger partial charge in [-0.05, 0) is 38.4 Å². The monoisotopic (exact) mass is 413 g/mol. The van der Waals surface area contributed by atoms with E-state index in [0.717, 1.165) is 34.9 Å². The van der Waals surface area contributed by atoms with Gasteiger partial charge in [-0.2, -0.15) is 0 Å². The Kier molecular flexibility index (Phi) is 4.41. The molecule has 0 fully saturated rings. The van der Waals surface area contributed by atoms with Crippen LogP contribution in [-0.2, 0) is 16.1 Å². The molecule has 2 aromatic heterocycles. The molecule has 7 heteroatoms. The summed E-state index contributed by atoms with van der Waals surface area (Å²) in [5.41, 5.74) is 10.8. The fraction of sp³-hybridized carbons (Fsp3) is 0.167. The lowest BCUT2D eigenvalue weighted by molar-refractivity contribution is -0.122. The summed E-state index contributed by atoms with van der Waals surface area (Å²) in [6.07, 6.45) is 3.74. The number of anilines is 1. The van der Waals surface area contributed by atoms with Crippen LogP contribution in [0.2, 0.25) is 0 Å². The van der Waals surface area contributed by atoms with E-state index in [1.807, 2.05) is 62.8 Å². The first-order valence-corrected chi connectivity index (χ1v) is 10.1. The molecule has 0 atom stereocenters. The lowest BCUT2D eigenvalue weighted by Gasteiger charge is -2.11. The molecule has 2 aromatic carbocycles. The van der Waals surface area contributed by atoms with Crippen molar-refractivity contribution in [3.8, 4) is 0 Å². The third kappa shape index (κ3) is 3.10. The Labute approximate surface area is 179 Å². The molecule has 7 nitrogen and oxygen atoms in total. The Balaban J connectivity index is 1.78. The van der Waals surface area contributed by atoms with Crippen molar-refractivity contribution in [2.45, 2.75) is 6.54 Å². The number of nitrogen functional groups attached to an aromatic ring is 1. The quantitative estimate of drug-likeness (QED) is 0.346. The van der Waals surface area contributed by atoms with Crippen LogP contribution in [0.3, 0.4) is 0 Å². The topological polar surface area (TPSA) is 96.1 Å². The molecular weight excluding hydrogens is 390 g/mol. The number of hydrogen-bond donors (Lipinski definition) is 3. The number of carbonyl (C=O) groups is 2. The zero-order valence-electron chi connectivity index (χ0n) is 17.4. The molecule has 0 unspecified atom stereocenters. The van der Waals surface area contributed by atoms with E-state index in [-0.39, 0.29) is 11.8 Å². The number of likely N-dealkylation sites (N-methyl/N-ethyl adjacent to an activating group) is 1. The molecule has 0 saturated heterocycles. The Morgan fingerprint density at radius 1 is 0.968 bits per heavy atom. The van der Waals surface area contributed by atoms with E-state index >= 15 is 0 Å². The second kappa shape index (κ2) is 7.14. The van der Waals surface area contributed by atoms with Gasteiger partial charge in [0.1, 0.15) is 0 Å². The van der Waals surface area contributed by atoms with Crippen molar-refractivity contribution < 1.29 is 9.59 Å². The Hall–Kier alpha value is -3.84. The summed E-state index contributed by atoms with van der Waals surface area (Å²) < 4.78 is 2.11. The maximum absolute atomic E-state index is 13.0. The van der Waals surface area contributed by atoms with Crippen LogP contribution in [0.5, 0.6) is 0 Å². The average Bonchev–Trinajstić information content (AvgIpc) is 3.39. The fourth-order valence-electron chi connectivity index (χ4n) is 4.25. The van der Waals surface area contributed by atoms with E-state index in [4.69, 9.17) is 5.73 Å². The summed E-state index contributed by atoms with van der Waals surface area (Å²) in [7, 11) is 4.04. The van der Waals surface area contributed by atoms with Gasteiger partial charge in [0.25, 0.3) is 11.8 Å². The van der Waals surface area contributed by atoms with Crippen molar-refractivity contribution >= 4 is 50.5 Å². The highest BCUT2D eigenvalue weighted by molar-refractivity contribution is 6.50. The number of nitrogens with one attached hydrogen (secondary N) is 2. The molecule has 3 heterocycles. The SMILES string of the molecule is CN(C)CCn1cc(C2=C(c3c[nH]c4ccccc34)C(=O)NC2=O)c2cc(N)ccc21. The van der Waals surface area contributed by atoms with Crippen LogP contribution in [-0.4, -0.2) is 46.9 Å². The van der Waals surface area contributed by atoms with Crippen molar-refractivity contribution in [2.24, 2.45) is 0 Å². The number of para-hydroxylation sites is 1. The molecule has 1 aliphatic heterocycles. The molecule has 1 aliphatic rings. The zero-order chi connectivity index (χ0) is 21.7. The van der Waals surface area contributed by atoms with Gasteiger partial charge >= 0.3 is 0 Å². The van der Waals surface area contributed by atoms with Crippen molar-refractivity contribution in [1.82, 2.24) is 19.8 Å². The molecule has 4 aromatic rings. The highest BCUT2D eigenvalue weighted by Gasteiger charge is 2.35. The summed E-state index contributed by atoms with van der Waals surface area (Å²) in [6.45, 7) is 1.59. The number of carbonyl (C=O) groups excluding carboxylic acids is 2. The number of imide groups is 1. The normalized spacial score (nSPS) is 14.4. The van der Waals surface area contributed by atoms with Crippen molar-refractivity contribution in [3.63, 3.8) is 0 Å². The summed E-state index contributed by atoms with van der Waals surface area (Å²) in [4.78, 5) is 31.2. The van der Waals surface area contributed by atoms with Crippen LogP contribution >= 0.6 is 0 Å². The molecule has 0 aliphatic carbocycles. The molecular formula is C24H23N5O2. The van der Waals surface area contributed by atoms with Crippen LogP contribution in [0.15, 0.2) is 54.9 Å². The Bertz CT molecular complexity index is 1390. The molecule has 4 N–H and O–H groups in total. The van der Waals surface area contributed by atoms with Crippen LogP contribution < -0.4 is 11.1 Å². The first-order chi connectivity index (χ1) is 14.9. The highest BCUT2D eigenvalue weighted by Crippen LogP contribution is 2.38. The second-order valence-corrected chi connectivity index (χ2v) is 8.10. The van der Waals surface area contributed by atoms with Gasteiger partial charge in [0, 0.05) is 64.1 Å². The first-order valence-electron chi connectivity index (χ1n) is 10.1. The van der Waals surface area contributed by atoms with E-state index in [1.54, 1.807) is 6.20 Å². The number of benzene rings is 2. The van der Waals surface area contributed by atoms with E-state index in [2.05, 4.69) is 19.8 Å². The molecule has 31 heavy (non-hydrogen) atoms. The van der Waals surface area contributed by atoms with Gasteiger partial charge in [-0.15, -0.1) is 0 Å². The minimum atomic E-state index is -0.389. The van der Waals surface area contributed by atoms with Gasteiger partial charge in [0.15, 0.2) is 0 Å². The highest BCUT2D eigenvalue weighted by atomic mass is 16.2. The molecule has 2 amide bonds.